The zero-order valence-electron chi connectivity index (χ0n) is 9.49. The summed E-state index contributed by atoms with van der Waals surface area (Å²) in [4.78, 5) is 0. The molecule has 14 heavy (non-hydrogen) atoms. The molecule has 0 saturated carbocycles. The maximum atomic E-state index is 11.5. The van der Waals surface area contributed by atoms with Crippen molar-refractivity contribution in [1.82, 2.24) is 0 Å². The van der Waals surface area contributed by atoms with Crippen LogP contribution < -0.4 is 5.73 Å². The molecule has 0 heterocycles. The van der Waals surface area contributed by atoms with Gasteiger partial charge in [-0.2, -0.15) is 0 Å². The minimum Gasteiger partial charge on any atom is -0.377 e. The summed E-state index contributed by atoms with van der Waals surface area (Å²) in [7, 11) is -0.711. The van der Waals surface area contributed by atoms with Crippen LogP contribution in [0.25, 0.3) is 0 Å². The minimum atomic E-state index is -0.711. The lowest BCUT2D eigenvalue weighted by molar-refractivity contribution is 0.0672. The van der Waals surface area contributed by atoms with Crippen LogP contribution >= 0.6 is 0 Å². The predicted molar refractivity (Wildman–Crippen MR) is 61.8 cm³/mol. The Kier molecular flexibility index (Phi) is 8.43. The molecule has 2 atom stereocenters. The SMILES string of the molecule is CCOC(CN)CCS(=O)CC(C)C. The van der Waals surface area contributed by atoms with Crippen LogP contribution in [-0.2, 0) is 15.5 Å². The minimum absolute atomic E-state index is 0.0797. The zero-order chi connectivity index (χ0) is 11.0. The summed E-state index contributed by atoms with van der Waals surface area (Å²) in [6, 6.07) is 0. The molecule has 0 rings (SSSR count). The smallest absolute Gasteiger partial charge is 0.0705 e. The Bertz CT molecular complexity index is 162. The Morgan fingerprint density at radius 2 is 2.07 bits per heavy atom. The van der Waals surface area contributed by atoms with Crippen LogP contribution in [0, 0.1) is 5.92 Å². The van der Waals surface area contributed by atoms with Crippen molar-refractivity contribution in [3.8, 4) is 0 Å². The Morgan fingerprint density at radius 3 is 2.50 bits per heavy atom. The number of ether oxygens (including phenoxy) is 1. The summed E-state index contributed by atoms with van der Waals surface area (Å²) in [5.74, 6) is 1.99. The van der Waals surface area contributed by atoms with E-state index in [1.807, 2.05) is 6.92 Å². The third kappa shape index (κ3) is 7.47. The molecule has 0 aromatic heterocycles. The monoisotopic (exact) mass is 221 g/mol. The summed E-state index contributed by atoms with van der Waals surface area (Å²) in [6.45, 7) is 7.32. The lowest BCUT2D eigenvalue weighted by Crippen LogP contribution is -2.26. The molecule has 0 spiro atoms. The maximum Gasteiger partial charge on any atom is 0.0705 e. The van der Waals surface area contributed by atoms with Crippen LogP contribution in [0.5, 0.6) is 0 Å². The first-order chi connectivity index (χ1) is 6.60. The normalized spacial score (nSPS) is 15.8. The first-order valence-electron chi connectivity index (χ1n) is 5.26. The fourth-order valence-corrected chi connectivity index (χ4v) is 2.66. The van der Waals surface area contributed by atoms with E-state index < -0.39 is 10.8 Å². The van der Waals surface area contributed by atoms with E-state index in [4.69, 9.17) is 10.5 Å². The third-order valence-corrected chi connectivity index (χ3v) is 3.58. The molecule has 3 nitrogen and oxygen atoms in total. The first-order valence-corrected chi connectivity index (χ1v) is 6.75. The number of rotatable bonds is 8. The van der Waals surface area contributed by atoms with Gasteiger partial charge < -0.3 is 10.5 Å². The van der Waals surface area contributed by atoms with Crippen LogP contribution in [-0.4, -0.2) is 35.0 Å². The van der Waals surface area contributed by atoms with Gasteiger partial charge >= 0.3 is 0 Å². The van der Waals surface area contributed by atoms with Crippen molar-refractivity contribution in [3.63, 3.8) is 0 Å². The zero-order valence-corrected chi connectivity index (χ0v) is 10.3. The topological polar surface area (TPSA) is 52.3 Å². The van der Waals surface area contributed by atoms with Gasteiger partial charge in [0, 0.05) is 35.5 Å². The molecule has 0 aliphatic carbocycles. The van der Waals surface area contributed by atoms with E-state index in [1.165, 1.54) is 0 Å². The Balaban J connectivity index is 3.62. The molecule has 0 aromatic rings. The fourth-order valence-electron chi connectivity index (χ4n) is 1.22. The van der Waals surface area contributed by atoms with Crippen molar-refractivity contribution in [1.29, 1.82) is 0 Å². The highest BCUT2D eigenvalue weighted by Crippen LogP contribution is 2.02. The molecule has 0 aromatic carbocycles. The van der Waals surface area contributed by atoms with Crippen LogP contribution in [0.4, 0.5) is 0 Å². The molecule has 0 bridgehead atoms. The van der Waals surface area contributed by atoms with Gasteiger partial charge in [-0.1, -0.05) is 13.8 Å². The van der Waals surface area contributed by atoms with Crippen LogP contribution in [0.1, 0.15) is 27.2 Å². The standard InChI is InChI=1S/C10H23NO2S/c1-4-13-10(7-11)5-6-14(12)8-9(2)3/h9-10H,4-8,11H2,1-3H3. The van der Waals surface area contributed by atoms with Crippen LogP contribution in [0.3, 0.4) is 0 Å². The van der Waals surface area contributed by atoms with Crippen molar-refractivity contribution in [2.75, 3.05) is 24.7 Å². The lowest BCUT2D eigenvalue weighted by atomic mass is 10.3. The van der Waals surface area contributed by atoms with Gasteiger partial charge in [0.2, 0.25) is 0 Å². The summed E-state index contributed by atoms with van der Waals surface area (Å²) in [5.41, 5.74) is 5.52. The summed E-state index contributed by atoms with van der Waals surface area (Å²) >= 11 is 0. The van der Waals surface area contributed by atoms with Gasteiger partial charge in [0.1, 0.15) is 0 Å². The van der Waals surface area contributed by atoms with Crippen molar-refractivity contribution in [2.45, 2.75) is 33.3 Å². The van der Waals surface area contributed by atoms with Crippen molar-refractivity contribution in [2.24, 2.45) is 11.7 Å². The van der Waals surface area contributed by atoms with E-state index in [2.05, 4.69) is 13.8 Å². The summed E-state index contributed by atoms with van der Waals surface area (Å²) in [6.07, 6.45) is 0.889. The van der Waals surface area contributed by atoms with E-state index in [-0.39, 0.29) is 6.10 Å². The molecule has 0 amide bonds. The van der Waals surface area contributed by atoms with E-state index in [1.54, 1.807) is 0 Å². The number of hydrogen-bond donors (Lipinski definition) is 1. The van der Waals surface area contributed by atoms with E-state index in [9.17, 15) is 4.21 Å². The Hall–Kier alpha value is 0.0700. The molecule has 0 radical (unpaired) electrons. The van der Waals surface area contributed by atoms with Crippen molar-refractivity contribution >= 4 is 10.8 Å². The van der Waals surface area contributed by atoms with Gasteiger partial charge in [-0.05, 0) is 19.3 Å². The second-order valence-electron chi connectivity index (χ2n) is 3.81. The number of hydrogen-bond acceptors (Lipinski definition) is 3. The molecule has 0 saturated heterocycles. The highest BCUT2D eigenvalue weighted by atomic mass is 32.2. The molecule has 4 heteroatoms. The quantitative estimate of drug-likeness (QED) is 0.669. The molecule has 0 aliphatic rings. The van der Waals surface area contributed by atoms with Gasteiger partial charge in [-0.3, -0.25) is 4.21 Å². The van der Waals surface area contributed by atoms with Gasteiger partial charge in [-0.25, -0.2) is 0 Å². The van der Waals surface area contributed by atoms with E-state index >= 15 is 0 Å². The van der Waals surface area contributed by atoms with Crippen LogP contribution in [0.2, 0.25) is 0 Å². The average molecular weight is 221 g/mol. The number of nitrogens with two attached hydrogens (primary N) is 1. The molecule has 0 aliphatic heterocycles. The molecule has 2 N–H and O–H groups in total. The van der Waals surface area contributed by atoms with Gasteiger partial charge in [0.15, 0.2) is 0 Å². The molecule has 86 valence electrons. The van der Waals surface area contributed by atoms with Crippen molar-refractivity contribution in [3.05, 3.63) is 0 Å². The predicted octanol–water partition coefficient (Wildman–Crippen LogP) is 1.14. The second kappa shape index (κ2) is 8.38. The van der Waals surface area contributed by atoms with Crippen molar-refractivity contribution < 1.29 is 8.95 Å². The Morgan fingerprint density at radius 1 is 1.43 bits per heavy atom. The third-order valence-electron chi connectivity index (χ3n) is 1.85. The van der Waals surface area contributed by atoms with Gasteiger partial charge in [-0.15, -0.1) is 0 Å². The van der Waals surface area contributed by atoms with E-state index in [0.29, 0.717) is 24.8 Å². The first kappa shape index (κ1) is 14.1. The van der Waals surface area contributed by atoms with E-state index in [0.717, 1.165) is 12.2 Å². The molecular weight excluding hydrogens is 198 g/mol. The van der Waals surface area contributed by atoms with Crippen LogP contribution in [0.15, 0.2) is 0 Å². The summed E-state index contributed by atoms with van der Waals surface area (Å²) < 4.78 is 16.9. The fraction of sp³-hybridized carbons (Fsp3) is 1.00. The van der Waals surface area contributed by atoms with Gasteiger partial charge in [0.25, 0.3) is 0 Å². The largest absolute Gasteiger partial charge is 0.377 e. The molecule has 0 fully saturated rings. The highest BCUT2D eigenvalue weighted by molar-refractivity contribution is 7.84. The average Bonchev–Trinajstić information content (AvgIpc) is 2.11. The molecule has 2 unspecified atom stereocenters. The summed E-state index contributed by atoms with van der Waals surface area (Å²) in [5, 5.41) is 0. The second-order valence-corrected chi connectivity index (χ2v) is 5.43. The molecular formula is C10H23NO2S. The maximum absolute atomic E-state index is 11.5. The Labute approximate surface area is 89.9 Å². The van der Waals surface area contributed by atoms with Gasteiger partial charge in [0.05, 0.1) is 6.10 Å². The lowest BCUT2D eigenvalue weighted by Gasteiger charge is -2.14. The highest BCUT2D eigenvalue weighted by Gasteiger charge is 2.09.